The standard InChI is InChI=1S/C26H23N2O2/c1-18(19-8-12-23(13-9-19)29-25-6-2-4-21(27)16-25)20-10-14-24(15-11-20)30-26-7-3-5-22(28)17-26/h2-18H,1,27-28H2. The van der Waals surface area contributed by atoms with Crippen LogP contribution in [0.15, 0.2) is 97.1 Å². The molecule has 0 amide bonds. The highest BCUT2D eigenvalue weighted by molar-refractivity contribution is 5.47. The zero-order valence-corrected chi connectivity index (χ0v) is 16.5. The second-order valence-corrected chi connectivity index (χ2v) is 7.04. The van der Waals surface area contributed by atoms with E-state index in [4.69, 9.17) is 20.9 Å². The number of hydrogen-bond donors (Lipinski definition) is 2. The minimum atomic E-state index is -0.00663. The number of hydrogen-bond acceptors (Lipinski definition) is 4. The number of anilines is 2. The van der Waals surface area contributed by atoms with E-state index in [9.17, 15) is 0 Å². The minimum absolute atomic E-state index is 0.00663. The van der Waals surface area contributed by atoms with Gasteiger partial charge in [-0.05, 0) is 66.6 Å². The molecular weight excluding hydrogens is 372 g/mol. The highest BCUT2D eigenvalue weighted by atomic mass is 16.5. The molecule has 0 fully saturated rings. The van der Waals surface area contributed by atoms with Crippen molar-refractivity contribution in [2.75, 3.05) is 11.5 Å². The Morgan fingerprint density at radius 3 is 1.30 bits per heavy atom. The van der Waals surface area contributed by atoms with Gasteiger partial charge >= 0.3 is 0 Å². The average molecular weight is 395 g/mol. The summed E-state index contributed by atoms with van der Waals surface area (Å²) in [4.78, 5) is 0. The number of benzene rings is 4. The molecule has 0 saturated heterocycles. The lowest BCUT2D eigenvalue weighted by atomic mass is 9.93. The third-order valence-electron chi connectivity index (χ3n) is 4.75. The lowest BCUT2D eigenvalue weighted by Crippen LogP contribution is -1.97. The van der Waals surface area contributed by atoms with Gasteiger partial charge in [-0.3, -0.25) is 0 Å². The van der Waals surface area contributed by atoms with Crippen molar-refractivity contribution in [3.63, 3.8) is 0 Å². The summed E-state index contributed by atoms with van der Waals surface area (Å²) < 4.78 is 11.7. The molecule has 1 radical (unpaired) electrons. The maximum absolute atomic E-state index is 5.85. The smallest absolute Gasteiger partial charge is 0.129 e. The Hall–Kier alpha value is -3.92. The largest absolute Gasteiger partial charge is 0.457 e. The molecule has 4 heteroatoms. The van der Waals surface area contributed by atoms with Crippen molar-refractivity contribution in [3.8, 4) is 23.0 Å². The zero-order chi connectivity index (χ0) is 20.9. The van der Waals surface area contributed by atoms with E-state index in [0.717, 1.165) is 22.6 Å². The van der Waals surface area contributed by atoms with Crippen molar-refractivity contribution < 1.29 is 9.47 Å². The average Bonchev–Trinajstić information content (AvgIpc) is 2.74. The van der Waals surface area contributed by atoms with Gasteiger partial charge in [-0.1, -0.05) is 36.4 Å². The summed E-state index contributed by atoms with van der Waals surface area (Å²) in [6.07, 6.45) is 0. The third-order valence-corrected chi connectivity index (χ3v) is 4.75. The van der Waals surface area contributed by atoms with Gasteiger partial charge in [-0.15, -0.1) is 0 Å². The number of nitrogens with two attached hydrogens (primary N) is 2. The highest BCUT2D eigenvalue weighted by Crippen LogP contribution is 2.30. The van der Waals surface area contributed by atoms with Gasteiger partial charge in [-0.25, -0.2) is 0 Å². The van der Waals surface area contributed by atoms with Crippen molar-refractivity contribution in [2.45, 2.75) is 5.92 Å². The van der Waals surface area contributed by atoms with E-state index in [-0.39, 0.29) is 5.92 Å². The first kappa shape index (κ1) is 19.4. The van der Waals surface area contributed by atoms with Crippen LogP contribution in [0.25, 0.3) is 0 Å². The summed E-state index contributed by atoms with van der Waals surface area (Å²) in [5.74, 6) is 2.92. The number of nitrogen functional groups attached to an aromatic ring is 2. The Morgan fingerprint density at radius 2 is 0.933 bits per heavy atom. The van der Waals surface area contributed by atoms with Gasteiger partial charge in [0.25, 0.3) is 0 Å². The quantitative estimate of drug-likeness (QED) is 0.371. The van der Waals surface area contributed by atoms with Crippen molar-refractivity contribution >= 4 is 11.4 Å². The fourth-order valence-electron chi connectivity index (χ4n) is 3.16. The van der Waals surface area contributed by atoms with Crippen LogP contribution in [0, 0.1) is 6.92 Å². The Kier molecular flexibility index (Phi) is 5.57. The molecule has 4 aromatic carbocycles. The van der Waals surface area contributed by atoms with Gasteiger partial charge in [0.05, 0.1) is 0 Å². The van der Waals surface area contributed by atoms with Crippen LogP contribution in [-0.4, -0.2) is 0 Å². The monoisotopic (exact) mass is 395 g/mol. The molecular formula is C26H23N2O2. The first-order chi connectivity index (χ1) is 14.6. The van der Waals surface area contributed by atoms with Crippen LogP contribution in [0.2, 0.25) is 0 Å². The molecule has 4 nitrogen and oxygen atoms in total. The van der Waals surface area contributed by atoms with Crippen molar-refractivity contribution in [1.29, 1.82) is 0 Å². The highest BCUT2D eigenvalue weighted by Gasteiger charge is 2.10. The van der Waals surface area contributed by atoms with Gasteiger partial charge in [0.1, 0.15) is 23.0 Å². The van der Waals surface area contributed by atoms with Gasteiger partial charge < -0.3 is 20.9 Å². The lowest BCUT2D eigenvalue weighted by Gasteiger charge is -2.14. The second-order valence-electron chi connectivity index (χ2n) is 7.04. The van der Waals surface area contributed by atoms with Gasteiger partial charge in [0.15, 0.2) is 0 Å². The molecule has 0 aliphatic heterocycles. The summed E-state index contributed by atoms with van der Waals surface area (Å²) in [5, 5.41) is 0. The fourth-order valence-corrected chi connectivity index (χ4v) is 3.16. The molecule has 0 spiro atoms. The summed E-state index contributed by atoms with van der Waals surface area (Å²) in [6, 6.07) is 30.6. The lowest BCUT2D eigenvalue weighted by molar-refractivity contribution is 0.483. The molecule has 4 N–H and O–H groups in total. The minimum Gasteiger partial charge on any atom is -0.457 e. The number of ether oxygens (including phenoxy) is 2. The molecule has 30 heavy (non-hydrogen) atoms. The molecule has 149 valence electrons. The predicted molar refractivity (Wildman–Crippen MR) is 122 cm³/mol. The molecule has 0 atom stereocenters. The Morgan fingerprint density at radius 1 is 0.533 bits per heavy atom. The van der Waals surface area contributed by atoms with Crippen LogP contribution in [0.5, 0.6) is 23.0 Å². The molecule has 0 bridgehead atoms. The molecule has 0 aliphatic carbocycles. The van der Waals surface area contributed by atoms with Crippen LogP contribution < -0.4 is 20.9 Å². The Balaban J connectivity index is 1.43. The normalized spacial score (nSPS) is 10.7. The fraction of sp³-hybridized carbons (Fsp3) is 0.0385. The molecule has 0 heterocycles. The molecule has 4 aromatic rings. The first-order valence-electron chi connectivity index (χ1n) is 9.66. The van der Waals surface area contributed by atoms with Crippen LogP contribution in [0.1, 0.15) is 17.0 Å². The van der Waals surface area contributed by atoms with E-state index in [1.54, 1.807) is 12.1 Å². The summed E-state index contributed by atoms with van der Waals surface area (Å²) in [5.41, 5.74) is 15.1. The van der Waals surface area contributed by atoms with Crippen LogP contribution in [-0.2, 0) is 0 Å². The van der Waals surface area contributed by atoms with Crippen LogP contribution >= 0.6 is 0 Å². The maximum atomic E-state index is 5.85. The molecule has 0 unspecified atom stereocenters. The van der Waals surface area contributed by atoms with Crippen LogP contribution in [0.3, 0.4) is 0 Å². The zero-order valence-electron chi connectivity index (χ0n) is 16.5. The number of rotatable bonds is 6. The van der Waals surface area contributed by atoms with E-state index >= 15 is 0 Å². The molecule has 0 saturated carbocycles. The molecule has 4 rings (SSSR count). The summed E-state index contributed by atoms with van der Waals surface area (Å²) in [6.45, 7) is 4.31. The first-order valence-corrected chi connectivity index (χ1v) is 9.66. The third kappa shape index (κ3) is 4.73. The van der Waals surface area contributed by atoms with Crippen molar-refractivity contribution in [3.05, 3.63) is 115 Å². The maximum Gasteiger partial charge on any atom is 0.129 e. The van der Waals surface area contributed by atoms with Crippen molar-refractivity contribution in [1.82, 2.24) is 0 Å². The van der Waals surface area contributed by atoms with E-state index in [0.29, 0.717) is 22.9 Å². The topological polar surface area (TPSA) is 70.5 Å². The molecule has 0 aliphatic rings. The van der Waals surface area contributed by atoms with Gasteiger partial charge in [0, 0.05) is 29.4 Å². The summed E-state index contributed by atoms with van der Waals surface area (Å²) >= 11 is 0. The van der Waals surface area contributed by atoms with E-state index in [2.05, 4.69) is 6.92 Å². The Bertz CT molecular complexity index is 1030. The van der Waals surface area contributed by atoms with Gasteiger partial charge in [-0.2, -0.15) is 0 Å². The predicted octanol–water partition coefficient (Wildman–Crippen LogP) is 6.40. The SMILES string of the molecule is [CH2]C(c1ccc(Oc2cccc(N)c2)cc1)c1ccc(Oc2cccc(N)c2)cc1. The summed E-state index contributed by atoms with van der Waals surface area (Å²) in [7, 11) is 0. The van der Waals surface area contributed by atoms with E-state index < -0.39 is 0 Å². The van der Waals surface area contributed by atoms with E-state index in [1.165, 1.54) is 0 Å². The van der Waals surface area contributed by atoms with Crippen molar-refractivity contribution in [2.24, 2.45) is 0 Å². The van der Waals surface area contributed by atoms with Gasteiger partial charge in [0.2, 0.25) is 0 Å². The van der Waals surface area contributed by atoms with E-state index in [1.807, 2.05) is 84.9 Å². The van der Waals surface area contributed by atoms with Crippen LogP contribution in [0.4, 0.5) is 11.4 Å². The molecule has 0 aromatic heterocycles. The Labute approximate surface area is 176 Å². The second kappa shape index (κ2) is 8.62.